The average Bonchev–Trinajstić information content (AvgIpc) is 2.75. The third-order valence-corrected chi connectivity index (χ3v) is 3.33. The first-order valence-corrected chi connectivity index (χ1v) is 6.73. The molecule has 0 N–H and O–H groups in total. The molecule has 0 spiro atoms. The normalized spacial score (nSPS) is 12.6. The van der Waals surface area contributed by atoms with Crippen molar-refractivity contribution in [2.75, 3.05) is 14.1 Å². The Labute approximate surface area is 114 Å². The van der Waals surface area contributed by atoms with Gasteiger partial charge in [0.05, 0.1) is 11.0 Å². The highest BCUT2D eigenvalue weighted by atomic mass is 16.2. The number of para-hydroxylation sites is 2. The Balaban J connectivity index is 2.55. The summed E-state index contributed by atoms with van der Waals surface area (Å²) in [5.74, 6) is 1.09. The Morgan fingerprint density at radius 3 is 2.68 bits per heavy atom. The van der Waals surface area contributed by atoms with Crippen LogP contribution in [0.25, 0.3) is 11.0 Å². The van der Waals surface area contributed by atoms with Gasteiger partial charge in [0.15, 0.2) is 0 Å². The highest BCUT2D eigenvalue weighted by Gasteiger charge is 2.22. The summed E-state index contributed by atoms with van der Waals surface area (Å²) in [6.45, 7) is 4.07. The maximum absolute atomic E-state index is 12.2. The Morgan fingerprint density at radius 1 is 1.37 bits per heavy atom. The number of amides is 1. The molecule has 1 amide bonds. The van der Waals surface area contributed by atoms with Gasteiger partial charge in [-0.2, -0.15) is 0 Å². The van der Waals surface area contributed by atoms with Crippen molar-refractivity contribution in [2.24, 2.45) is 0 Å². The van der Waals surface area contributed by atoms with Crippen molar-refractivity contribution >= 4 is 16.9 Å². The van der Waals surface area contributed by atoms with Gasteiger partial charge in [-0.1, -0.05) is 19.1 Å². The van der Waals surface area contributed by atoms with Crippen LogP contribution in [0.15, 0.2) is 24.3 Å². The second-order valence-corrected chi connectivity index (χ2v) is 5.05. The lowest BCUT2D eigenvalue weighted by Gasteiger charge is -2.20. The quantitative estimate of drug-likeness (QED) is 0.846. The number of imidazole rings is 1. The molecule has 2 rings (SSSR count). The summed E-state index contributed by atoms with van der Waals surface area (Å²) in [5.41, 5.74) is 2.00. The third kappa shape index (κ3) is 2.48. The molecule has 0 fully saturated rings. The maximum Gasteiger partial charge on any atom is 0.244 e. The smallest absolute Gasteiger partial charge is 0.244 e. The zero-order valence-electron chi connectivity index (χ0n) is 12.1. The molecule has 2 aromatic rings. The Bertz CT molecular complexity index is 586. The summed E-state index contributed by atoms with van der Waals surface area (Å²) in [6.07, 6.45) is 1.91. The van der Waals surface area contributed by atoms with Crippen LogP contribution in [0.2, 0.25) is 0 Å². The number of likely N-dealkylation sites (N-methyl/N-ethyl adjacent to an activating group) is 1. The molecule has 1 heterocycles. The van der Waals surface area contributed by atoms with Crippen LogP contribution in [-0.2, 0) is 11.2 Å². The first-order valence-electron chi connectivity index (χ1n) is 6.73. The lowest BCUT2D eigenvalue weighted by molar-refractivity contribution is -0.131. The van der Waals surface area contributed by atoms with E-state index in [1.807, 2.05) is 31.2 Å². The van der Waals surface area contributed by atoms with Crippen molar-refractivity contribution < 1.29 is 4.79 Å². The van der Waals surface area contributed by atoms with Crippen molar-refractivity contribution in [1.29, 1.82) is 0 Å². The highest BCUT2D eigenvalue weighted by molar-refractivity contribution is 5.83. The van der Waals surface area contributed by atoms with E-state index in [2.05, 4.69) is 16.5 Å². The van der Waals surface area contributed by atoms with Gasteiger partial charge in [0.25, 0.3) is 0 Å². The van der Waals surface area contributed by atoms with Crippen LogP contribution >= 0.6 is 0 Å². The predicted octanol–water partition coefficient (Wildman–Crippen LogP) is 2.64. The third-order valence-electron chi connectivity index (χ3n) is 3.33. The minimum absolute atomic E-state index is 0.0977. The van der Waals surface area contributed by atoms with Gasteiger partial charge in [0, 0.05) is 20.5 Å². The van der Waals surface area contributed by atoms with Crippen LogP contribution in [0.3, 0.4) is 0 Å². The largest absolute Gasteiger partial charge is 0.347 e. The summed E-state index contributed by atoms with van der Waals surface area (Å²) in [4.78, 5) is 18.5. The fraction of sp³-hybridized carbons (Fsp3) is 0.467. The molecule has 4 heteroatoms. The predicted molar refractivity (Wildman–Crippen MR) is 77.1 cm³/mol. The zero-order chi connectivity index (χ0) is 14.0. The first-order chi connectivity index (χ1) is 9.06. The van der Waals surface area contributed by atoms with Crippen LogP contribution in [0.4, 0.5) is 0 Å². The second-order valence-electron chi connectivity index (χ2n) is 5.05. The van der Waals surface area contributed by atoms with Crippen molar-refractivity contribution in [3.05, 3.63) is 30.1 Å². The van der Waals surface area contributed by atoms with Gasteiger partial charge in [-0.3, -0.25) is 4.79 Å². The topological polar surface area (TPSA) is 38.1 Å². The lowest BCUT2D eigenvalue weighted by Crippen LogP contribution is -2.30. The van der Waals surface area contributed by atoms with Gasteiger partial charge in [0.1, 0.15) is 11.9 Å². The van der Waals surface area contributed by atoms with Gasteiger partial charge < -0.3 is 9.47 Å². The number of hydrogen-bond acceptors (Lipinski definition) is 2. The molecule has 102 valence electrons. The molecule has 1 unspecified atom stereocenters. The van der Waals surface area contributed by atoms with Crippen molar-refractivity contribution in [3.8, 4) is 0 Å². The van der Waals surface area contributed by atoms with Gasteiger partial charge in [-0.15, -0.1) is 0 Å². The van der Waals surface area contributed by atoms with Crippen LogP contribution < -0.4 is 0 Å². The number of nitrogens with zero attached hydrogens (tertiary/aromatic N) is 3. The number of carbonyl (C=O) groups excluding carboxylic acids is 1. The molecule has 0 aliphatic rings. The van der Waals surface area contributed by atoms with E-state index in [0.717, 1.165) is 29.7 Å². The van der Waals surface area contributed by atoms with Gasteiger partial charge in [0.2, 0.25) is 5.91 Å². The molecular formula is C15H21N3O. The molecule has 19 heavy (non-hydrogen) atoms. The van der Waals surface area contributed by atoms with E-state index in [0.29, 0.717) is 0 Å². The molecule has 0 aliphatic heterocycles. The Hall–Kier alpha value is -1.84. The second kappa shape index (κ2) is 5.43. The van der Waals surface area contributed by atoms with E-state index < -0.39 is 0 Å². The molecule has 1 atom stereocenters. The van der Waals surface area contributed by atoms with Crippen LogP contribution in [0.1, 0.15) is 32.1 Å². The molecule has 0 bridgehead atoms. The number of aromatic nitrogens is 2. The monoisotopic (exact) mass is 259 g/mol. The summed E-state index contributed by atoms with van der Waals surface area (Å²) in [7, 11) is 3.58. The van der Waals surface area contributed by atoms with Gasteiger partial charge >= 0.3 is 0 Å². The van der Waals surface area contributed by atoms with E-state index in [4.69, 9.17) is 0 Å². The van der Waals surface area contributed by atoms with E-state index in [1.165, 1.54) is 0 Å². The van der Waals surface area contributed by atoms with Crippen LogP contribution in [0.5, 0.6) is 0 Å². The number of rotatable bonds is 4. The van der Waals surface area contributed by atoms with Gasteiger partial charge in [-0.05, 0) is 25.5 Å². The molecule has 4 nitrogen and oxygen atoms in total. The van der Waals surface area contributed by atoms with Crippen molar-refractivity contribution in [1.82, 2.24) is 14.5 Å². The average molecular weight is 259 g/mol. The number of hydrogen-bond donors (Lipinski definition) is 0. The fourth-order valence-electron chi connectivity index (χ4n) is 2.41. The van der Waals surface area contributed by atoms with E-state index >= 15 is 0 Å². The minimum atomic E-state index is -0.219. The van der Waals surface area contributed by atoms with Crippen molar-refractivity contribution in [3.63, 3.8) is 0 Å². The zero-order valence-corrected chi connectivity index (χ0v) is 12.1. The fourth-order valence-corrected chi connectivity index (χ4v) is 2.41. The summed E-state index contributed by atoms with van der Waals surface area (Å²) in [6, 6.07) is 7.78. The number of carbonyl (C=O) groups is 1. The molecular weight excluding hydrogens is 238 g/mol. The molecule has 0 aliphatic carbocycles. The van der Waals surface area contributed by atoms with Gasteiger partial charge in [-0.25, -0.2) is 4.98 Å². The number of aryl methyl sites for hydroxylation is 1. The summed E-state index contributed by atoms with van der Waals surface area (Å²) in [5, 5.41) is 0. The minimum Gasteiger partial charge on any atom is -0.347 e. The van der Waals surface area contributed by atoms with Crippen molar-refractivity contribution in [2.45, 2.75) is 32.7 Å². The Kier molecular flexibility index (Phi) is 3.88. The Morgan fingerprint density at radius 2 is 2.05 bits per heavy atom. The van der Waals surface area contributed by atoms with Crippen LogP contribution in [0, 0.1) is 0 Å². The van der Waals surface area contributed by atoms with E-state index in [-0.39, 0.29) is 11.9 Å². The lowest BCUT2D eigenvalue weighted by atomic mass is 10.2. The molecule has 0 saturated heterocycles. The van der Waals surface area contributed by atoms with E-state index in [1.54, 1.807) is 19.0 Å². The molecule has 0 radical (unpaired) electrons. The molecule has 1 aromatic carbocycles. The SMILES string of the molecule is CCCc1nc2ccccc2n1C(C)C(=O)N(C)C. The highest BCUT2D eigenvalue weighted by Crippen LogP contribution is 2.23. The standard InChI is InChI=1S/C15H21N3O/c1-5-8-14-16-12-9-6-7-10-13(12)18(14)11(2)15(19)17(3)4/h6-7,9-11H,5,8H2,1-4H3. The summed E-state index contributed by atoms with van der Waals surface area (Å²) < 4.78 is 2.07. The first kappa shape index (κ1) is 13.6. The van der Waals surface area contributed by atoms with E-state index in [9.17, 15) is 4.79 Å². The molecule has 0 saturated carbocycles. The molecule has 1 aromatic heterocycles. The number of benzene rings is 1. The maximum atomic E-state index is 12.2. The summed E-state index contributed by atoms with van der Waals surface area (Å²) >= 11 is 0. The van der Waals surface area contributed by atoms with Crippen LogP contribution in [-0.4, -0.2) is 34.5 Å². The number of fused-ring (bicyclic) bond motifs is 1.